The standard InChI is InChI=1S/C10H20O4.C7H8/c1-3-4-7-14-10(12)6-5-9(11)8-13-2;1-7-5-3-2-4-6-7/h9,11H,3-8H2,1-2H3;2-6H,1H3. The lowest BCUT2D eigenvalue weighted by molar-refractivity contribution is -0.144. The van der Waals surface area contributed by atoms with Crippen molar-refractivity contribution in [1.82, 2.24) is 0 Å². The molecule has 0 fully saturated rings. The Morgan fingerprint density at radius 1 is 1.29 bits per heavy atom. The highest BCUT2D eigenvalue weighted by atomic mass is 16.5. The van der Waals surface area contributed by atoms with Crippen LogP contribution in [0.1, 0.15) is 38.2 Å². The first-order chi connectivity index (χ1) is 10.1. The average molecular weight is 296 g/mol. The minimum atomic E-state index is -0.571. The third-order valence-electron chi connectivity index (χ3n) is 2.74. The molecule has 0 aliphatic carbocycles. The number of aliphatic hydroxyl groups is 1. The minimum Gasteiger partial charge on any atom is -0.466 e. The summed E-state index contributed by atoms with van der Waals surface area (Å²) in [6.07, 6.45) is 2.00. The van der Waals surface area contributed by atoms with Gasteiger partial charge in [0, 0.05) is 13.5 Å². The van der Waals surface area contributed by atoms with E-state index < -0.39 is 6.10 Å². The van der Waals surface area contributed by atoms with Gasteiger partial charge >= 0.3 is 5.97 Å². The molecule has 0 bridgehead atoms. The van der Waals surface area contributed by atoms with Crippen LogP contribution in [-0.2, 0) is 14.3 Å². The van der Waals surface area contributed by atoms with Crippen LogP contribution < -0.4 is 0 Å². The van der Waals surface area contributed by atoms with Gasteiger partial charge in [-0.2, -0.15) is 0 Å². The van der Waals surface area contributed by atoms with Crippen LogP contribution in [0.5, 0.6) is 0 Å². The van der Waals surface area contributed by atoms with Crippen molar-refractivity contribution in [2.24, 2.45) is 0 Å². The molecule has 1 aromatic carbocycles. The van der Waals surface area contributed by atoms with Crippen molar-refractivity contribution in [2.45, 2.75) is 45.6 Å². The quantitative estimate of drug-likeness (QED) is 0.591. The Balaban J connectivity index is 0.000000471. The molecular formula is C17H28O4. The number of hydrogen-bond acceptors (Lipinski definition) is 4. The molecule has 0 aliphatic heterocycles. The van der Waals surface area contributed by atoms with Crippen molar-refractivity contribution >= 4 is 5.97 Å². The van der Waals surface area contributed by atoms with E-state index in [-0.39, 0.29) is 19.0 Å². The maximum absolute atomic E-state index is 11.1. The van der Waals surface area contributed by atoms with Crippen LogP contribution in [0.4, 0.5) is 0 Å². The second-order valence-corrected chi connectivity index (χ2v) is 4.88. The zero-order valence-electron chi connectivity index (χ0n) is 13.4. The number of benzene rings is 1. The van der Waals surface area contributed by atoms with E-state index in [1.54, 1.807) is 0 Å². The fraction of sp³-hybridized carbons (Fsp3) is 0.588. The summed E-state index contributed by atoms with van der Waals surface area (Å²) in [4.78, 5) is 11.1. The molecule has 21 heavy (non-hydrogen) atoms. The van der Waals surface area contributed by atoms with Gasteiger partial charge in [0.05, 0.1) is 19.3 Å². The van der Waals surface area contributed by atoms with E-state index in [0.717, 1.165) is 12.8 Å². The molecule has 4 nitrogen and oxygen atoms in total. The second kappa shape index (κ2) is 13.6. The minimum absolute atomic E-state index is 0.242. The molecule has 4 heteroatoms. The van der Waals surface area contributed by atoms with Gasteiger partial charge in [0.2, 0.25) is 0 Å². The summed E-state index contributed by atoms with van der Waals surface area (Å²) in [5.41, 5.74) is 1.32. The maximum Gasteiger partial charge on any atom is 0.305 e. The van der Waals surface area contributed by atoms with Crippen molar-refractivity contribution in [1.29, 1.82) is 0 Å². The SMILES string of the molecule is CCCCOC(=O)CCC(O)COC.Cc1ccccc1. The summed E-state index contributed by atoms with van der Waals surface area (Å²) < 4.78 is 9.65. The Bertz CT molecular complexity index is 351. The van der Waals surface area contributed by atoms with E-state index in [1.807, 2.05) is 25.1 Å². The molecule has 0 radical (unpaired) electrons. The molecule has 1 aromatic rings. The third kappa shape index (κ3) is 13.4. The number of carbonyl (C=O) groups is 1. The van der Waals surface area contributed by atoms with Gasteiger partial charge in [0.25, 0.3) is 0 Å². The summed E-state index contributed by atoms with van der Waals surface area (Å²) >= 11 is 0. The molecule has 1 unspecified atom stereocenters. The van der Waals surface area contributed by atoms with E-state index in [9.17, 15) is 9.90 Å². The van der Waals surface area contributed by atoms with E-state index >= 15 is 0 Å². The normalized spacial score (nSPS) is 11.2. The van der Waals surface area contributed by atoms with Crippen LogP contribution in [0.2, 0.25) is 0 Å². The third-order valence-corrected chi connectivity index (χ3v) is 2.74. The first-order valence-electron chi connectivity index (χ1n) is 7.44. The van der Waals surface area contributed by atoms with Crippen molar-refractivity contribution < 1.29 is 19.4 Å². The lowest BCUT2D eigenvalue weighted by atomic mass is 10.2. The maximum atomic E-state index is 11.1. The van der Waals surface area contributed by atoms with E-state index in [0.29, 0.717) is 13.0 Å². The molecule has 0 aromatic heterocycles. The summed E-state index contributed by atoms with van der Waals surface area (Å²) in [6.45, 7) is 4.87. The molecule has 1 N–H and O–H groups in total. The Morgan fingerprint density at radius 2 is 1.95 bits per heavy atom. The van der Waals surface area contributed by atoms with E-state index in [4.69, 9.17) is 9.47 Å². The number of methoxy groups -OCH3 is 1. The van der Waals surface area contributed by atoms with Crippen LogP contribution in [0.15, 0.2) is 30.3 Å². The molecular weight excluding hydrogens is 268 g/mol. The number of aryl methyl sites for hydroxylation is 1. The van der Waals surface area contributed by atoms with Crippen LogP contribution >= 0.6 is 0 Å². The van der Waals surface area contributed by atoms with Crippen molar-refractivity contribution in [3.05, 3.63) is 35.9 Å². The Labute approximate surface area is 128 Å². The summed E-state index contributed by atoms with van der Waals surface area (Å²) in [5, 5.41) is 9.24. The molecule has 0 heterocycles. The predicted octanol–water partition coefficient (Wildman–Crippen LogP) is 3.11. The molecule has 0 saturated heterocycles. The Kier molecular flexibility index (Phi) is 12.7. The van der Waals surface area contributed by atoms with Crippen LogP contribution in [0.3, 0.4) is 0 Å². The van der Waals surface area contributed by atoms with Gasteiger partial charge in [-0.1, -0.05) is 49.2 Å². The van der Waals surface area contributed by atoms with E-state index in [1.165, 1.54) is 12.7 Å². The fourth-order valence-corrected chi connectivity index (χ4v) is 1.50. The summed E-state index contributed by atoms with van der Waals surface area (Å²) in [7, 11) is 1.52. The molecule has 0 amide bonds. The van der Waals surface area contributed by atoms with Gasteiger partial charge in [0.15, 0.2) is 0 Å². The first kappa shape index (κ1) is 19.6. The monoisotopic (exact) mass is 296 g/mol. The number of esters is 1. The molecule has 0 saturated carbocycles. The van der Waals surface area contributed by atoms with Crippen LogP contribution in [0.25, 0.3) is 0 Å². The zero-order valence-corrected chi connectivity index (χ0v) is 13.4. The highest BCUT2D eigenvalue weighted by Crippen LogP contribution is 2.00. The average Bonchev–Trinajstić information content (AvgIpc) is 2.47. The number of rotatable bonds is 8. The molecule has 120 valence electrons. The van der Waals surface area contributed by atoms with Crippen LogP contribution in [-0.4, -0.2) is 37.5 Å². The molecule has 1 rings (SSSR count). The highest BCUT2D eigenvalue weighted by molar-refractivity contribution is 5.69. The smallest absolute Gasteiger partial charge is 0.305 e. The van der Waals surface area contributed by atoms with Gasteiger partial charge < -0.3 is 14.6 Å². The number of aliphatic hydroxyl groups excluding tert-OH is 1. The Hall–Kier alpha value is -1.39. The number of ether oxygens (including phenoxy) is 2. The van der Waals surface area contributed by atoms with Crippen molar-refractivity contribution in [3.8, 4) is 0 Å². The number of carbonyl (C=O) groups excluding carboxylic acids is 1. The fourth-order valence-electron chi connectivity index (χ4n) is 1.50. The second-order valence-electron chi connectivity index (χ2n) is 4.88. The first-order valence-corrected chi connectivity index (χ1v) is 7.44. The van der Waals surface area contributed by atoms with Gasteiger partial charge in [0.1, 0.15) is 0 Å². The molecule has 0 aliphatic rings. The summed E-state index contributed by atoms with van der Waals surface area (Å²) in [5.74, 6) is -0.242. The van der Waals surface area contributed by atoms with Gasteiger partial charge in [-0.25, -0.2) is 0 Å². The number of hydrogen-bond donors (Lipinski definition) is 1. The zero-order chi connectivity index (χ0) is 15.9. The largest absolute Gasteiger partial charge is 0.466 e. The topological polar surface area (TPSA) is 55.8 Å². The van der Waals surface area contributed by atoms with Crippen molar-refractivity contribution in [3.63, 3.8) is 0 Å². The summed E-state index contributed by atoms with van der Waals surface area (Å²) in [6, 6.07) is 10.3. The lowest BCUT2D eigenvalue weighted by Crippen LogP contribution is -2.16. The molecule has 1 atom stereocenters. The lowest BCUT2D eigenvalue weighted by Gasteiger charge is -2.08. The predicted molar refractivity (Wildman–Crippen MR) is 84.2 cm³/mol. The molecule has 0 spiro atoms. The van der Waals surface area contributed by atoms with Gasteiger partial charge in [-0.05, 0) is 19.8 Å². The van der Waals surface area contributed by atoms with Gasteiger partial charge in [-0.15, -0.1) is 0 Å². The van der Waals surface area contributed by atoms with Crippen LogP contribution in [0, 0.1) is 6.92 Å². The number of unbranched alkanes of at least 4 members (excludes halogenated alkanes) is 1. The highest BCUT2D eigenvalue weighted by Gasteiger charge is 2.08. The van der Waals surface area contributed by atoms with E-state index in [2.05, 4.69) is 19.1 Å². The van der Waals surface area contributed by atoms with Crippen molar-refractivity contribution in [2.75, 3.05) is 20.3 Å². The Morgan fingerprint density at radius 3 is 2.43 bits per heavy atom. The van der Waals surface area contributed by atoms with Gasteiger partial charge in [-0.3, -0.25) is 4.79 Å².